The van der Waals surface area contributed by atoms with Crippen LogP contribution in [-0.2, 0) is 16.1 Å². The van der Waals surface area contributed by atoms with E-state index >= 15 is 0 Å². The molecule has 0 radical (unpaired) electrons. The summed E-state index contributed by atoms with van der Waals surface area (Å²) in [5, 5.41) is 22.3. The highest BCUT2D eigenvalue weighted by Gasteiger charge is 2.46. The van der Waals surface area contributed by atoms with E-state index in [9.17, 15) is 24.8 Å². The number of ketones is 1. The number of benzene rings is 2. The molecule has 3 aromatic rings. The van der Waals surface area contributed by atoms with Gasteiger partial charge in [0.2, 0.25) is 0 Å². The summed E-state index contributed by atoms with van der Waals surface area (Å²) in [6.45, 7) is 1.86. The average molecular weight is 459 g/mol. The highest BCUT2D eigenvalue weighted by molar-refractivity contribution is 6.46. The number of methoxy groups -OCH3 is 1. The minimum absolute atomic E-state index is 0.0679. The Balaban J connectivity index is 1.86. The van der Waals surface area contributed by atoms with Crippen molar-refractivity contribution < 1.29 is 24.4 Å². The number of carbonyl (C=O) groups is 2. The van der Waals surface area contributed by atoms with E-state index in [-0.39, 0.29) is 23.6 Å². The van der Waals surface area contributed by atoms with Gasteiger partial charge in [-0.3, -0.25) is 24.7 Å². The molecule has 1 atom stereocenters. The molecule has 0 unspecified atom stereocenters. The van der Waals surface area contributed by atoms with Gasteiger partial charge in [-0.1, -0.05) is 6.07 Å². The molecule has 1 aliphatic heterocycles. The van der Waals surface area contributed by atoms with Crippen LogP contribution in [0.2, 0.25) is 0 Å². The molecule has 1 saturated heterocycles. The molecule has 0 spiro atoms. The van der Waals surface area contributed by atoms with E-state index in [1.54, 1.807) is 49.6 Å². The third kappa shape index (κ3) is 4.11. The molecule has 1 amide bonds. The fourth-order valence-electron chi connectivity index (χ4n) is 4.04. The molecule has 9 nitrogen and oxygen atoms in total. The number of pyridine rings is 1. The number of aliphatic hydroxyl groups excluding tert-OH is 1. The van der Waals surface area contributed by atoms with Crippen LogP contribution in [0.1, 0.15) is 28.3 Å². The number of Topliss-reactive ketones (excluding diaryl/α,β-unsaturated/α-hetero) is 1. The molecule has 1 aromatic heterocycles. The molecule has 0 bridgehead atoms. The smallest absolute Gasteiger partial charge is 0.295 e. The summed E-state index contributed by atoms with van der Waals surface area (Å²) in [6, 6.07) is 13.0. The van der Waals surface area contributed by atoms with Gasteiger partial charge < -0.3 is 14.7 Å². The summed E-state index contributed by atoms with van der Waals surface area (Å²) >= 11 is 0. The van der Waals surface area contributed by atoms with Gasteiger partial charge in [0.15, 0.2) is 0 Å². The van der Waals surface area contributed by atoms with Crippen LogP contribution in [0.4, 0.5) is 5.69 Å². The molecule has 1 N–H and O–H groups in total. The Labute approximate surface area is 195 Å². The third-order valence-electron chi connectivity index (χ3n) is 5.70. The normalized spacial score (nSPS) is 17.1. The van der Waals surface area contributed by atoms with Crippen LogP contribution in [0.15, 0.2) is 72.6 Å². The minimum Gasteiger partial charge on any atom is -0.507 e. The number of nitro groups is 1. The average Bonchev–Trinajstić information content (AvgIpc) is 3.09. The maximum atomic E-state index is 13.1. The van der Waals surface area contributed by atoms with Gasteiger partial charge >= 0.3 is 0 Å². The monoisotopic (exact) mass is 459 g/mol. The Kier molecular flexibility index (Phi) is 6.09. The Bertz CT molecular complexity index is 1300. The highest BCUT2D eigenvalue weighted by Crippen LogP contribution is 2.41. The summed E-state index contributed by atoms with van der Waals surface area (Å²) in [7, 11) is 1.53. The Morgan fingerprint density at radius 3 is 2.50 bits per heavy atom. The van der Waals surface area contributed by atoms with Crippen molar-refractivity contribution in [2.24, 2.45) is 0 Å². The molecule has 0 aliphatic carbocycles. The number of aliphatic hydroxyl groups is 1. The molecule has 1 fully saturated rings. The molecule has 0 saturated carbocycles. The zero-order valence-electron chi connectivity index (χ0n) is 18.5. The lowest BCUT2D eigenvalue weighted by atomic mass is 9.94. The summed E-state index contributed by atoms with van der Waals surface area (Å²) in [4.78, 5) is 42.2. The summed E-state index contributed by atoms with van der Waals surface area (Å²) in [5.41, 5.74) is 2.02. The molecule has 34 heavy (non-hydrogen) atoms. The summed E-state index contributed by atoms with van der Waals surface area (Å²) in [5.74, 6) is -1.33. The van der Waals surface area contributed by atoms with Gasteiger partial charge in [-0.05, 0) is 60.0 Å². The summed E-state index contributed by atoms with van der Waals surface area (Å²) in [6.07, 6.45) is 3.18. The molecule has 4 rings (SSSR count). The number of aromatic nitrogens is 1. The lowest BCUT2D eigenvalue weighted by Crippen LogP contribution is -2.29. The van der Waals surface area contributed by atoms with E-state index in [0.29, 0.717) is 22.4 Å². The van der Waals surface area contributed by atoms with Crippen molar-refractivity contribution in [2.75, 3.05) is 7.11 Å². The first-order chi connectivity index (χ1) is 16.3. The third-order valence-corrected chi connectivity index (χ3v) is 5.70. The quantitative estimate of drug-likeness (QED) is 0.195. The van der Waals surface area contributed by atoms with Gasteiger partial charge in [0.25, 0.3) is 17.4 Å². The molecular formula is C25H21N3O6. The van der Waals surface area contributed by atoms with E-state index in [1.807, 2.05) is 0 Å². The van der Waals surface area contributed by atoms with Crippen LogP contribution < -0.4 is 4.74 Å². The van der Waals surface area contributed by atoms with Crippen molar-refractivity contribution in [3.05, 3.63) is 105 Å². The fourth-order valence-corrected chi connectivity index (χ4v) is 4.04. The van der Waals surface area contributed by atoms with Gasteiger partial charge in [-0.15, -0.1) is 0 Å². The lowest BCUT2D eigenvalue weighted by Gasteiger charge is -2.25. The topological polar surface area (TPSA) is 123 Å². The zero-order valence-corrected chi connectivity index (χ0v) is 18.5. The van der Waals surface area contributed by atoms with Crippen molar-refractivity contribution >= 4 is 23.1 Å². The van der Waals surface area contributed by atoms with Crippen molar-refractivity contribution in [1.29, 1.82) is 0 Å². The Morgan fingerprint density at radius 1 is 1.18 bits per heavy atom. The Hall–Kier alpha value is -4.53. The first-order valence-corrected chi connectivity index (χ1v) is 10.4. The number of likely N-dealkylation sites (tertiary alicyclic amines) is 1. The predicted molar refractivity (Wildman–Crippen MR) is 123 cm³/mol. The second-order valence-corrected chi connectivity index (χ2v) is 7.82. The van der Waals surface area contributed by atoms with Gasteiger partial charge in [-0.25, -0.2) is 0 Å². The van der Waals surface area contributed by atoms with Crippen LogP contribution >= 0.6 is 0 Å². The molecule has 172 valence electrons. The van der Waals surface area contributed by atoms with Crippen LogP contribution in [0.25, 0.3) is 5.76 Å². The maximum absolute atomic E-state index is 13.1. The standard InChI is InChI=1S/C25H21N3O6/c1-15-12-18(7-10-20(15)34-2)23(29)21-22(17-5-8-19(9-6-17)28(32)33)27(25(31)24(21)30)14-16-4-3-11-26-13-16/h3-13,22,29H,14H2,1-2H3/t22-/m0/s1. The van der Waals surface area contributed by atoms with Crippen LogP contribution in [0.3, 0.4) is 0 Å². The number of nitro benzene ring substituents is 1. The van der Waals surface area contributed by atoms with Gasteiger partial charge in [0, 0.05) is 36.6 Å². The maximum Gasteiger partial charge on any atom is 0.295 e. The van der Waals surface area contributed by atoms with Crippen LogP contribution in [0.5, 0.6) is 5.75 Å². The fraction of sp³-hybridized carbons (Fsp3) is 0.160. The molecule has 1 aliphatic rings. The van der Waals surface area contributed by atoms with Crippen molar-refractivity contribution in [2.45, 2.75) is 19.5 Å². The lowest BCUT2D eigenvalue weighted by molar-refractivity contribution is -0.384. The van der Waals surface area contributed by atoms with Crippen molar-refractivity contribution in [3.63, 3.8) is 0 Å². The molecule has 9 heteroatoms. The van der Waals surface area contributed by atoms with E-state index in [4.69, 9.17) is 4.74 Å². The van der Waals surface area contributed by atoms with Crippen molar-refractivity contribution in [3.8, 4) is 5.75 Å². The van der Waals surface area contributed by atoms with Gasteiger partial charge in [-0.2, -0.15) is 0 Å². The van der Waals surface area contributed by atoms with E-state index in [2.05, 4.69) is 4.98 Å². The van der Waals surface area contributed by atoms with Crippen molar-refractivity contribution in [1.82, 2.24) is 9.88 Å². The second kappa shape index (κ2) is 9.14. The number of amides is 1. The number of carbonyl (C=O) groups excluding carboxylic acids is 2. The highest BCUT2D eigenvalue weighted by atomic mass is 16.6. The van der Waals surface area contributed by atoms with Crippen LogP contribution in [0, 0.1) is 17.0 Å². The van der Waals surface area contributed by atoms with Crippen LogP contribution in [-0.4, -0.2) is 38.7 Å². The number of aryl methyl sites for hydroxylation is 1. The minimum atomic E-state index is -0.941. The molecular weight excluding hydrogens is 438 g/mol. The number of nitrogens with zero attached hydrogens (tertiary/aromatic N) is 3. The van der Waals surface area contributed by atoms with E-state index in [1.165, 1.54) is 36.3 Å². The number of non-ortho nitro benzene ring substituents is 1. The number of ether oxygens (including phenoxy) is 1. The van der Waals surface area contributed by atoms with Gasteiger partial charge in [0.1, 0.15) is 11.5 Å². The molecule has 2 aromatic carbocycles. The molecule has 2 heterocycles. The zero-order chi connectivity index (χ0) is 24.4. The van der Waals surface area contributed by atoms with Gasteiger partial charge in [0.05, 0.1) is 23.6 Å². The first-order valence-electron chi connectivity index (χ1n) is 10.4. The SMILES string of the molecule is COc1ccc(C(O)=C2C(=O)C(=O)N(Cc3cccnc3)[C@H]2c2ccc([N+](=O)[O-])cc2)cc1C. The predicted octanol–water partition coefficient (Wildman–Crippen LogP) is 3.93. The number of hydrogen-bond donors (Lipinski definition) is 1. The first kappa shape index (κ1) is 22.7. The van der Waals surface area contributed by atoms with E-state index in [0.717, 1.165) is 5.56 Å². The Morgan fingerprint density at radius 2 is 1.91 bits per heavy atom. The summed E-state index contributed by atoms with van der Waals surface area (Å²) < 4.78 is 5.26. The number of rotatable bonds is 6. The second-order valence-electron chi connectivity index (χ2n) is 7.82. The number of hydrogen-bond acceptors (Lipinski definition) is 7. The van der Waals surface area contributed by atoms with E-state index < -0.39 is 22.7 Å². The largest absolute Gasteiger partial charge is 0.507 e.